The molecule has 1 fully saturated rings. The van der Waals surface area contributed by atoms with E-state index in [-0.39, 0.29) is 5.69 Å². The SMILES string of the molecule is COC(=O)c1ccc(Cl)c(NC(=O)c2cc(NC3CC3)ccn2)c1. The van der Waals surface area contributed by atoms with Crippen molar-refractivity contribution in [3.63, 3.8) is 0 Å². The van der Waals surface area contributed by atoms with Crippen LogP contribution in [0.5, 0.6) is 0 Å². The van der Waals surface area contributed by atoms with Crippen molar-refractivity contribution in [1.82, 2.24) is 4.98 Å². The Bertz CT molecular complexity index is 790. The van der Waals surface area contributed by atoms with Gasteiger partial charge in [-0.25, -0.2) is 4.79 Å². The molecular weight excluding hydrogens is 330 g/mol. The van der Waals surface area contributed by atoms with Gasteiger partial charge in [0, 0.05) is 17.9 Å². The number of aromatic nitrogens is 1. The summed E-state index contributed by atoms with van der Waals surface area (Å²) in [5, 5.41) is 6.31. The first-order valence-corrected chi connectivity index (χ1v) is 7.86. The van der Waals surface area contributed by atoms with Gasteiger partial charge < -0.3 is 15.4 Å². The molecule has 124 valence electrons. The molecule has 1 aliphatic rings. The lowest BCUT2D eigenvalue weighted by Gasteiger charge is -2.10. The number of hydrogen-bond donors (Lipinski definition) is 2. The standard InChI is InChI=1S/C17H16ClN3O3/c1-24-17(23)10-2-5-13(18)14(8-10)21-16(22)15-9-12(6-7-19-15)20-11-3-4-11/h2,5-9,11H,3-4H2,1H3,(H,19,20)(H,21,22). The van der Waals surface area contributed by atoms with Gasteiger partial charge in [0.1, 0.15) is 5.69 Å². The number of methoxy groups -OCH3 is 1. The smallest absolute Gasteiger partial charge is 0.337 e. The molecule has 3 rings (SSSR count). The van der Waals surface area contributed by atoms with Crippen LogP contribution in [0.4, 0.5) is 11.4 Å². The summed E-state index contributed by atoms with van der Waals surface area (Å²) < 4.78 is 4.66. The van der Waals surface area contributed by atoms with Gasteiger partial charge in [-0.1, -0.05) is 11.6 Å². The lowest BCUT2D eigenvalue weighted by Crippen LogP contribution is -2.15. The quantitative estimate of drug-likeness (QED) is 0.812. The van der Waals surface area contributed by atoms with E-state index in [0.29, 0.717) is 22.3 Å². The average Bonchev–Trinajstić information content (AvgIpc) is 3.40. The second kappa shape index (κ2) is 6.88. The Balaban J connectivity index is 1.77. The third kappa shape index (κ3) is 3.83. The summed E-state index contributed by atoms with van der Waals surface area (Å²) in [6.07, 6.45) is 3.85. The summed E-state index contributed by atoms with van der Waals surface area (Å²) in [6.45, 7) is 0. The van der Waals surface area contributed by atoms with Crippen molar-refractivity contribution >= 4 is 34.9 Å². The number of halogens is 1. The molecule has 2 aromatic rings. The van der Waals surface area contributed by atoms with Gasteiger partial charge in [0.2, 0.25) is 0 Å². The van der Waals surface area contributed by atoms with Crippen LogP contribution < -0.4 is 10.6 Å². The zero-order chi connectivity index (χ0) is 17.1. The van der Waals surface area contributed by atoms with Gasteiger partial charge in [0.15, 0.2) is 0 Å². The molecule has 24 heavy (non-hydrogen) atoms. The minimum Gasteiger partial charge on any atom is -0.465 e. The maximum absolute atomic E-state index is 12.4. The number of rotatable bonds is 5. The lowest BCUT2D eigenvalue weighted by atomic mass is 10.2. The highest BCUT2D eigenvalue weighted by Crippen LogP contribution is 2.26. The van der Waals surface area contributed by atoms with E-state index in [4.69, 9.17) is 11.6 Å². The van der Waals surface area contributed by atoms with E-state index in [1.54, 1.807) is 12.3 Å². The molecular formula is C17H16ClN3O3. The largest absolute Gasteiger partial charge is 0.465 e. The van der Waals surface area contributed by atoms with Crippen molar-refractivity contribution in [1.29, 1.82) is 0 Å². The Morgan fingerprint density at radius 2 is 2.04 bits per heavy atom. The number of esters is 1. The fraction of sp³-hybridized carbons (Fsp3) is 0.235. The van der Waals surface area contributed by atoms with Crippen molar-refractivity contribution in [3.8, 4) is 0 Å². The van der Waals surface area contributed by atoms with E-state index in [1.165, 1.54) is 25.3 Å². The van der Waals surface area contributed by atoms with Crippen molar-refractivity contribution in [3.05, 3.63) is 52.8 Å². The maximum atomic E-state index is 12.4. The van der Waals surface area contributed by atoms with Crippen molar-refractivity contribution in [2.45, 2.75) is 18.9 Å². The summed E-state index contributed by atoms with van der Waals surface area (Å²) in [6, 6.07) is 8.52. The normalized spacial score (nSPS) is 13.2. The molecule has 0 atom stereocenters. The number of hydrogen-bond acceptors (Lipinski definition) is 5. The van der Waals surface area contributed by atoms with Crippen LogP contribution >= 0.6 is 11.6 Å². The van der Waals surface area contributed by atoms with Gasteiger partial charge >= 0.3 is 5.97 Å². The molecule has 0 bridgehead atoms. The van der Waals surface area contributed by atoms with Crippen molar-refractivity contribution in [2.24, 2.45) is 0 Å². The zero-order valence-corrected chi connectivity index (χ0v) is 13.8. The Morgan fingerprint density at radius 3 is 2.75 bits per heavy atom. The molecule has 7 heteroatoms. The van der Waals surface area contributed by atoms with Crippen LogP contribution in [-0.2, 0) is 4.74 Å². The van der Waals surface area contributed by atoms with Crippen LogP contribution in [0.15, 0.2) is 36.5 Å². The molecule has 0 unspecified atom stereocenters. The van der Waals surface area contributed by atoms with E-state index in [9.17, 15) is 9.59 Å². The van der Waals surface area contributed by atoms with Crippen LogP contribution in [0.25, 0.3) is 0 Å². The monoisotopic (exact) mass is 345 g/mol. The molecule has 0 saturated heterocycles. The highest BCUT2D eigenvalue weighted by Gasteiger charge is 2.21. The average molecular weight is 346 g/mol. The zero-order valence-electron chi connectivity index (χ0n) is 13.0. The van der Waals surface area contributed by atoms with E-state index in [2.05, 4.69) is 20.4 Å². The van der Waals surface area contributed by atoms with Gasteiger partial charge in [-0.15, -0.1) is 0 Å². The van der Waals surface area contributed by atoms with Gasteiger partial charge in [-0.05, 0) is 43.2 Å². The first kappa shape index (κ1) is 16.3. The Kier molecular flexibility index (Phi) is 4.66. The highest BCUT2D eigenvalue weighted by molar-refractivity contribution is 6.34. The molecule has 1 heterocycles. The molecule has 1 aliphatic carbocycles. The summed E-state index contributed by atoms with van der Waals surface area (Å²) >= 11 is 6.08. The van der Waals surface area contributed by atoms with E-state index in [0.717, 1.165) is 18.5 Å². The second-order valence-electron chi connectivity index (χ2n) is 5.49. The van der Waals surface area contributed by atoms with Crippen LogP contribution in [0.1, 0.15) is 33.7 Å². The fourth-order valence-corrected chi connectivity index (χ4v) is 2.32. The third-order valence-electron chi connectivity index (χ3n) is 3.58. The topological polar surface area (TPSA) is 80.3 Å². The summed E-state index contributed by atoms with van der Waals surface area (Å²) in [4.78, 5) is 28.1. The number of pyridine rings is 1. The number of carbonyl (C=O) groups excluding carboxylic acids is 2. The first-order valence-electron chi connectivity index (χ1n) is 7.48. The first-order chi connectivity index (χ1) is 11.6. The molecule has 0 aliphatic heterocycles. The fourth-order valence-electron chi connectivity index (χ4n) is 2.16. The van der Waals surface area contributed by atoms with Gasteiger partial charge in [0.25, 0.3) is 5.91 Å². The van der Waals surface area contributed by atoms with Crippen LogP contribution in [0.3, 0.4) is 0 Å². The molecule has 2 N–H and O–H groups in total. The summed E-state index contributed by atoms with van der Waals surface area (Å²) in [7, 11) is 1.29. The third-order valence-corrected chi connectivity index (χ3v) is 3.91. The Morgan fingerprint density at radius 1 is 1.25 bits per heavy atom. The van der Waals surface area contributed by atoms with E-state index < -0.39 is 11.9 Å². The van der Waals surface area contributed by atoms with Crippen LogP contribution in [0, 0.1) is 0 Å². The number of nitrogens with zero attached hydrogens (tertiary/aromatic N) is 1. The number of anilines is 2. The minimum absolute atomic E-state index is 0.264. The van der Waals surface area contributed by atoms with Crippen LogP contribution in [-0.4, -0.2) is 30.0 Å². The molecule has 1 aromatic heterocycles. The molecule has 6 nitrogen and oxygen atoms in total. The lowest BCUT2D eigenvalue weighted by molar-refractivity contribution is 0.0600. The van der Waals surface area contributed by atoms with Gasteiger partial charge in [-0.2, -0.15) is 0 Å². The molecule has 1 amide bonds. The van der Waals surface area contributed by atoms with Crippen LogP contribution in [0.2, 0.25) is 5.02 Å². The number of carbonyl (C=O) groups is 2. The second-order valence-corrected chi connectivity index (χ2v) is 5.90. The number of nitrogens with one attached hydrogen (secondary N) is 2. The van der Waals surface area contributed by atoms with Crippen molar-refractivity contribution < 1.29 is 14.3 Å². The predicted octanol–water partition coefficient (Wildman–Crippen LogP) is 3.35. The summed E-state index contributed by atoms with van der Waals surface area (Å²) in [5.74, 6) is -0.908. The highest BCUT2D eigenvalue weighted by atomic mass is 35.5. The number of ether oxygens (including phenoxy) is 1. The molecule has 0 spiro atoms. The molecule has 1 saturated carbocycles. The van der Waals surface area contributed by atoms with E-state index in [1.807, 2.05) is 6.07 Å². The summed E-state index contributed by atoms with van der Waals surface area (Å²) in [5.41, 5.74) is 1.74. The maximum Gasteiger partial charge on any atom is 0.337 e. The number of amides is 1. The van der Waals surface area contributed by atoms with E-state index >= 15 is 0 Å². The Hall–Kier alpha value is -2.60. The molecule has 0 radical (unpaired) electrons. The molecule has 1 aromatic carbocycles. The van der Waals surface area contributed by atoms with Gasteiger partial charge in [0.05, 0.1) is 23.4 Å². The van der Waals surface area contributed by atoms with Crippen molar-refractivity contribution in [2.75, 3.05) is 17.7 Å². The Labute approximate surface area is 144 Å². The minimum atomic E-state index is -0.504. The number of benzene rings is 1. The predicted molar refractivity (Wildman–Crippen MR) is 91.6 cm³/mol. The van der Waals surface area contributed by atoms with Gasteiger partial charge in [-0.3, -0.25) is 9.78 Å².